The van der Waals surface area contributed by atoms with Crippen LogP contribution in [0.1, 0.15) is 40.5 Å². The quantitative estimate of drug-likeness (QED) is 0.845. The number of amides is 2. The molecule has 1 aliphatic rings. The predicted molar refractivity (Wildman–Crippen MR) is 77.2 cm³/mol. The largest absolute Gasteiger partial charge is 0.444 e. The normalized spacial score (nSPS) is 20.7. The van der Waals surface area contributed by atoms with E-state index in [-0.39, 0.29) is 18.0 Å². The van der Waals surface area contributed by atoms with Crippen LogP contribution in [0, 0.1) is 0 Å². The van der Waals surface area contributed by atoms with Gasteiger partial charge in [-0.3, -0.25) is 4.79 Å². The molecule has 0 aliphatic carbocycles. The van der Waals surface area contributed by atoms with Crippen molar-refractivity contribution in [3.05, 3.63) is 0 Å². The number of hydrogen-bond acceptors (Lipinski definition) is 4. The molecule has 6 heteroatoms. The molecule has 0 radical (unpaired) electrons. The summed E-state index contributed by atoms with van der Waals surface area (Å²) >= 11 is 0. The Kier molecular flexibility index (Phi) is 5.39. The zero-order chi connectivity index (χ0) is 15.5. The van der Waals surface area contributed by atoms with Crippen molar-refractivity contribution in [3.8, 4) is 0 Å². The zero-order valence-corrected chi connectivity index (χ0v) is 13.2. The minimum Gasteiger partial charge on any atom is -0.444 e. The van der Waals surface area contributed by atoms with E-state index in [1.54, 1.807) is 23.8 Å². The molecule has 1 aliphatic heterocycles. The summed E-state index contributed by atoms with van der Waals surface area (Å²) in [5.74, 6) is -0.110. The average molecular weight is 285 g/mol. The Bertz CT molecular complexity index is 363. The molecule has 6 nitrogen and oxygen atoms in total. The average Bonchev–Trinajstić information content (AvgIpc) is 2.73. The maximum Gasteiger partial charge on any atom is 0.410 e. The summed E-state index contributed by atoms with van der Waals surface area (Å²) in [5.41, 5.74) is 5.09. The summed E-state index contributed by atoms with van der Waals surface area (Å²) in [5, 5.41) is 0. The Morgan fingerprint density at radius 2 is 2.05 bits per heavy atom. The lowest BCUT2D eigenvalue weighted by molar-refractivity contribution is -0.131. The van der Waals surface area contributed by atoms with Crippen molar-refractivity contribution in [2.45, 2.75) is 58.2 Å². The lowest BCUT2D eigenvalue weighted by atomic mass is 10.2. The maximum atomic E-state index is 12.1. The van der Waals surface area contributed by atoms with Crippen molar-refractivity contribution < 1.29 is 14.3 Å². The summed E-state index contributed by atoms with van der Waals surface area (Å²) in [4.78, 5) is 27.2. The van der Waals surface area contributed by atoms with Crippen molar-refractivity contribution >= 4 is 12.0 Å². The molecule has 0 spiro atoms. The zero-order valence-electron chi connectivity index (χ0n) is 13.2. The van der Waals surface area contributed by atoms with E-state index in [1.165, 1.54) is 0 Å². The summed E-state index contributed by atoms with van der Waals surface area (Å²) < 4.78 is 5.40. The van der Waals surface area contributed by atoms with Gasteiger partial charge in [0.05, 0.1) is 12.1 Å². The number of carbonyl (C=O) groups excluding carboxylic acids is 2. The number of likely N-dealkylation sites (N-methyl/N-ethyl adjacent to an activating group) is 1. The molecule has 1 saturated heterocycles. The minimum atomic E-state index is -0.517. The van der Waals surface area contributed by atoms with Gasteiger partial charge in [-0.05, 0) is 40.5 Å². The van der Waals surface area contributed by atoms with E-state index in [0.717, 1.165) is 12.8 Å². The predicted octanol–water partition coefficient (Wildman–Crippen LogP) is 1.19. The van der Waals surface area contributed by atoms with Gasteiger partial charge in [0.25, 0.3) is 0 Å². The number of rotatable bonds is 3. The molecular formula is C14H27N3O3. The second-order valence-electron chi connectivity index (χ2n) is 6.48. The van der Waals surface area contributed by atoms with Crippen LogP contribution in [0.2, 0.25) is 0 Å². The van der Waals surface area contributed by atoms with Crippen molar-refractivity contribution in [3.63, 3.8) is 0 Å². The number of hydrogen-bond donors (Lipinski definition) is 1. The van der Waals surface area contributed by atoms with Gasteiger partial charge in [0.2, 0.25) is 5.91 Å². The molecule has 2 amide bonds. The molecule has 0 bridgehead atoms. The molecule has 1 rings (SSSR count). The van der Waals surface area contributed by atoms with Crippen LogP contribution in [0.5, 0.6) is 0 Å². The molecule has 2 N–H and O–H groups in total. The van der Waals surface area contributed by atoms with Crippen LogP contribution in [0.3, 0.4) is 0 Å². The Labute approximate surface area is 121 Å². The smallest absolute Gasteiger partial charge is 0.410 e. The third kappa shape index (κ3) is 4.67. The van der Waals surface area contributed by atoms with E-state index >= 15 is 0 Å². The van der Waals surface area contributed by atoms with Crippen molar-refractivity contribution in [2.24, 2.45) is 5.73 Å². The van der Waals surface area contributed by atoms with Gasteiger partial charge in [-0.2, -0.15) is 0 Å². The molecule has 2 atom stereocenters. The first kappa shape index (κ1) is 16.8. The van der Waals surface area contributed by atoms with Crippen LogP contribution < -0.4 is 5.73 Å². The number of nitrogens with zero attached hydrogens (tertiary/aromatic N) is 2. The third-order valence-electron chi connectivity index (χ3n) is 3.26. The van der Waals surface area contributed by atoms with E-state index in [0.29, 0.717) is 13.1 Å². The summed E-state index contributed by atoms with van der Waals surface area (Å²) in [6, 6.07) is -0.506. The standard InChI is InChI=1S/C14H27N3O3/c1-10(15)12(18)16(5)9-11-7-6-8-17(11)13(19)20-14(2,3)4/h10-11H,6-9,15H2,1-5H3. The van der Waals surface area contributed by atoms with Crippen LogP contribution in [0.4, 0.5) is 4.79 Å². The van der Waals surface area contributed by atoms with Crippen LogP contribution in [0.25, 0.3) is 0 Å². The van der Waals surface area contributed by atoms with Crippen molar-refractivity contribution in [2.75, 3.05) is 20.1 Å². The van der Waals surface area contributed by atoms with E-state index in [2.05, 4.69) is 0 Å². The Balaban J connectivity index is 2.61. The van der Waals surface area contributed by atoms with Crippen LogP contribution in [-0.4, -0.2) is 59.6 Å². The summed E-state index contributed by atoms with van der Waals surface area (Å²) in [7, 11) is 1.72. The lowest BCUT2D eigenvalue weighted by Gasteiger charge is -2.31. The van der Waals surface area contributed by atoms with Crippen molar-refractivity contribution in [1.82, 2.24) is 9.80 Å². The van der Waals surface area contributed by atoms with Crippen LogP contribution in [0.15, 0.2) is 0 Å². The second-order valence-corrected chi connectivity index (χ2v) is 6.48. The first-order valence-corrected chi connectivity index (χ1v) is 7.12. The molecule has 20 heavy (non-hydrogen) atoms. The van der Waals surface area contributed by atoms with E-state index < -0.39 is 11.6 Å². The molecule has 0 aromatic carbocycles. The first-order chi connectivity index (χ1) is 9.11. The van der Waals surface area contributed by atoms with Gasteiger partial charge in [-0.15, -0.1) is 0 Å². The number of nitrogens with two attached hydrogens (primary N) is 1. The molecule has 2 unspecified atom stereocenters. The topological polar surface area (TPSA) is 75.9 Å². The van der Waals surface area contributed by atoms with Gasteiger partial charge >= 0.3 is 6.09 Å². The fourth-order valence-corrected chi connectivity index (χ4v) is 2.34. The number of carbonyl (C=O) groups is 2. The summed E-state index contributed by atoms with van der Waals surface area (Å²) in [6.45, 7) is 8.39. The Hall–Kier alpha value is -1.30. The van der Waals surface area contributed by atoms with E-state index in [9.17, 15) is 9.59 Å². The summed E-state index contributed by atoms with van der Waals surface area (Å²) in [6.07, 6.45) is 1.52. The third-order valence-corrected chi connectivity index (χ3v) is 3.26. The van der Waals surface area contributed by atoms with E-state index in [1.807, 2.05) is 20.8 Å². The lowest BCUT2D eigenvalue weighted by Crippen LogP contribution is -2.48. The van der Waals surface area contributed by atoms with Gasteiger partial charge < -0.3 is 20.3 Å². The SMILES string of the molecule is CC(N)C(=O)N(C)CC1CCCN1C(=O)OC(C)(C)C. The monoisotopic (exact) mass is 285 g/mol. The minimum absolute atomic E-state index is 0.0116. The maximum absolute atomic E-state index is 12.1. The number of likely N-dealkylation sites (tertiary alicyclic amines) is 1. The highest BCUT2D eigenvalue weighted by Crippen LogP contribution is 2.21. The van der Waals surface area contributed by atoms with Gasteiger partial charge in [-0.25, -0.2) is 4.79 Å². The van der Waals surface area contributed by atoms with Gasteiger partial charge in [0, 0.05) is 20.1 Å². The Morgan fingerprint density at radius 3 is 2.55 bits per heavy atom. The van der Waals surface area contributed by atoms with Crippen molar-refractivity contribution in [1.29, 1.82) is 0 Å². The van der Waals surface area contributed by atoms with E-state index in [4.69, 9.17) is 10.5 Å². The van der Waals surface area contributed by atoms with Gasteiger partial charge in [0.15, 0.2) is 0 Å². The second kappa shape index (κ2) is 6.43. The van der Waals surface area contributed by atoms with Crippen LogP contribution in [-0.2, 0) is 9.53 Å². The molecule has 0 aromatic heterocycles. The highest BCUT2D eigenvalue weighted by molar-refractivity contribution is 5.81. The van der Waals surface area contributed by atoms with Crippen LogP contribution >= 0.6 is 0 Å². The molecule has 1 fully saturated rings. The first-order valence-electron chi connectivity index (χ1n) is 7.12. The molecule has 1 heterocycles. The van der Waals surface area contributed by atoms with Gasteiger partial charge in [0.1, 0.15) is 5.60 Å². The highest BCUT2D eigenvalue weighted by Gasteiger charge is 2.33. The molecular weight excluding hydrogens is 258 g/mol. The highest BCUT2D eigenvalue weighted by atomic mass is 16.6. The fourth-order valence-electron chi connectivity index (χ4n) is 2.34. The molecule has 116 valence electrons. The Morgan fingerprint density at radius 1 is 1.45 bits per heavy atom. The molecule has 0 aromatic rings. The fraction of sp³-hybridized carbons (Fsp3) is 0.857. The van der Waals surface area contributed by atoms with Gasteiger partial charge in [-0.1, -0.05) is 0 Å². The number of ether oxygens (including phenoxy) is 1. The molecule has 0 saturated carbocycles.